The van der Waals surface area contributed by atoms with Crippen LogP contribution in [0.1, 0.15) is 31.7 Å². The molecule has 1 unspecified atom stereocenters. The lowest BCUT2D eigenvalue weighted by atomic mass is 9.83. The molecule has 1 aliphatic heterocycles. The maximum atomic E-state index is 13.6. The molecule has 0 spiro atoms. The topological polar surface area (TPSA) is 64.3 Å². The van der Waals surface area contributed by atoms with Crippen molar-refractivity contribution >= 4 is 11.7 Å². The van der Waals surface area contributed by atoms with E-state index in [0.29, 0.717) is 31.6 Å². The average molecular weight is 276 g/mol. The van der Waals surface area contributed by atoms with Crippen molar-refractivity contribution < 1.29 is 14.3 Å². The lowest BCUT2D eigenvalue weighted by molar-refractivity contribution is -0.148. The van der Waals surface area contributed by atoms with Gasteiger partial charge >= 0.3 is 5.97 Å². The van der Waals surface area contributed by atoms with Gasteiger partial charge in [0.05, 0.1) is 11.1 Å². The molecule has 0 saturated carbocycles. The van der Waals surface area contributed by atoms with E-state index < -0.39 is 17.2 Å². The first kappa shape index (κ1) is 14.3. The van der Waals surface area contributed by atoms with Gasteiger partial charge in [0.2, 0.25) is 0 Å². The standard InChI is InChI=1S/C15H17FN2O2/c1-2-6-15(14(19)20)7-8-18(10-15)13-5-3-4-12(16)11(13)9-17/h3-5H,2,6-8,10H2,1H3,(H,19,20). The van der Waals surface area contributed by atoms with Crippen molar-refractivity contribution in [3.05, 3.63) is 29.6 Å². The number of nitrogens with zero attached hydrogens (tertiary/aromatic N) is 2. The first-order valence-corrected chi connectivity index (χ1v) is 6.71. The summed E-state index contributed by atoms with van der Waals surface area (Å²) in [4.78, 5) is 13.4. The molecule has 106 valence electrons. The van der Waals surface area contributed by atoms with Crippen LogP contribution < -0.4 is 4.90 Å². The van der Waals surface area contributed by atoms with Gasteiger partial charge in [0.1, 0.15) is 17.4 Å². The molecule has 1 heterocycles. The Hall–Kier alpha value is -2.09. The number of anilines is 1. The number of nitriles is 1. The summed E-state index contributed by atoms with van der Waals surface area (Å²) < 4.78 is 13.6. The molecule has 1 aromatic carbocycles. The minimum atomic E-state index is -0.809. The number of hydrogen-bond acceptors (Lipinski definition) is 3. The van der Waals surface area contributed by atoms with Crippen LogP contribution in [0.25, 0.3) is 0 Å². The van der Waals surface area contributed by atoms with E-state index in [-0.39, 0.29) is 5.56 Å². The monoisotopic (exact) mass is 276 g/mol. The Balaban J connectivity index is 2.32. The van der Waals surface area contributed by atoms with Gasteiger partial charge in [0.15, 0.2) is 0 Å². The van der Waals surface area contributed by atoms with Crippen LogP contribution in [0.2, 0.25) is 0 Å². The smallest absolute Gasteiger partial charge is 0.311 e. The van der Waals surface area contributed by atoms with E-state index in [9.17, 15) is 14.3 Å². The Kier molecular flexibility index (Phi) is 3.93. The zero-order valence-electron chi connectivity index (χ0n) is 11.4. The molecule has 1 atom stereocenters. The van der Waals surface area contributed by atoms with E-state index in [2.05, 4.69) is 0 Å². The van der Waals surface area contributed by atoms with Gasteiger partial charge in [-0.25, -0.2) is 4.39 Å². The highest BCUT2D eigenvalue weighted by molar-refractivity contribution is 5.77. The molecule has 0 bridgehead atoms. The lowest BCUT2D eigenvalue weighted by Crippen LogP contribution is -2.34. The maximum Gasteiger partial charge on any atom is 0.311 e. The van der Waals surface area contributed by atoms with Crippen LogP contribution >= 0.6 is 0 Å². The number of carboxylic acid groups (broad SMARTS) is 1. The fraction of sp³-hybridized carbons (Fsp3) is 0.467. The number of halogens is 1. The molecule has 0 amide bonds. The van der Waals surface area contributed by atoms with E-state index in [4.69, 9.17) is 5.26 Å². The molecule has 4 nitrogen and oxygen atoms in total. The van der Waals surface area contributed by atoms with Gasteiger partial charge in [-0.1, -0.05) is 19.4 Å². The Morgan fingerprint density at radius 1 is 1.60 bits per heavy atom. The van der Waals surface area contributed by atoms with Crippen molar-refractivity contribution in [2.75, 3.05) is 18.0 Å². The second-order valence-corrected chi connectivity index (χ2v) is 5.25. The summed E-state index contributed by atoms with van der Waals surface area (Å²) in [5, 5.41) is 18.5. The van der Waals surface area contributed by atoms with E-state index in [1.807, 2.05) is 17.9 Å². The second-order valence-electron chi connectivity index (χ2n) is 5.25. The predicted octanol–water partition coefficient (Wildman–Crippen LogP) is 2.78. The summed E-state index contributed by atoms with van der Waals surface area (Å²) in [6, 6.07) is 6.33. The SMILES string of the molecule is CCCC1(C(=O)O)CCN(c2cccc(F)c2C#N)C1. The van der Waals surface area contributed by atoms with Crippen molar-refractivity contribution in [3.63, 3.8) is 0 Å². The molecule has 2 rings (SSSR count). The van der Waals surface area contributed by atoms with E-state index in [1.54, 1.807) is 12.1 Å². The summed E-state index contributed by atoms with van der Waals surface area (Å²) in [5.41, 5.74) is -0.301. The van der Waals surface area contributed by atoms with Gasteiger partial charge in [0, 0.05) is 13.1 Å². The Bertz CT molecular complexity index is 567. The highest BCUT2D eigenvalue weighted by atomic mass is 19.1. The summed E-state index contributed by atoms with van der Waals surface area (Å²) in [5.74, 6) is -1.37. The first-order valence-electron chi connectivity index (χ1n) is 6.71. The highest BCUT2D eigenvalue weighted by Gasteiger charge is 2.44. The molecule has 0 aliphatic carbocycles. The third-order valence-electron chi connectivity index (χ3n) is 3.98. The second kappa shape index (κ2) is 5.49. The number of benzene rings is 1. The van der Waals surface area contributed by atoms with Gasteiger partial charge in [-0.05, 0) is 25.0 Å². The van der Waals surface area contributed by atoms with Gasteiger partial charge < -0.3 is 10.0 Å². The molecule has 1 fully saturated rings. The fourth-order valence-corrected chi connectivity index (χ4v) is 2.93. The fourth-order valence-electron chi connectivity index (χ4n) is 2.93. The van der Waals surface area contributed by atoms with Crippen LogP contribution in [0.4, 0.5) is 10.1 Å². The summed E-state index contributed by atoms with van der Waals surface area (Å²) in [6.45, 7) is 2.81. The maximum absolute atomic E-state index is 13.6. The van der Waals surface area contributed by atoms with Crippen LogP contribution in [0, 0.1) is 22.6 Å². The molecular weight excluding hydrogens is 259 g/mol. The zero-order valence-corrected chi connectivity index (χ0v) is 11.4. The number of rotatable bonds is 4. The Labute approximate surface area is 117 Å². The molecule has 1 N–H and O–H groups in total. The summed E-state index contributed by atoms with van der Waals surface area (Å²) in [6.07, 6.45) is 1.90. The van der Waals surface area contributed by atoms with Gasteiger partial charge in [-0.2, -0.15) is 5.26 Å². The third-order valence-corrected chi connectivity index (χ3v) is 3.98. The zero-order chi connectivity index (χ0) is 14.8. The number of aliphatic carboxylic acids is 1. The van der Waals surface area contributed by atoms with E-state index in [0.717, 1.165) is 6.42 Å². The van der Waals surface area contributed by atoms with Crippen molar-refractivity contribution in [2.45, 2.75) is 26.2 Å². The lowest BCUT2D eigenvalue weighted by Gasteiger charge is -2.25. The molecule has 1 aromatic rings. The summed E-state index contributed by atoms with van der Waals surface area (Å²) >= 11 is 0. The number of hydrogen-bond donors (Lipinski definition) is 1. The van der Waals surface area contributed by atoms with Gasteiger partial charge in [-0.3, -0.25) is 4.79 Å². The molecule has 0 radical (unpaired) electrons. The highest BCUT2D eigenvalue weighted by Crippen LogP contribution is 2.38. The molecule has 0 aromatic heterocycles. The Morgan fingerprint density at radius 2 is 2.35 bits per heavy atom. The normalized spacial score (nSPS) is 21.8. The van der Waals surface area contributed by atoms with Crippen LogP contribution in [-0.2, 0) is 4.79 Å². The molecular formula is C15H17FN2O2. The van der Waals surface area contributed by atoms with Crippen molar-refractivity contribution in [2.24, 2.45) is 5.41 Å². The van der Waals surface area contributed by atoms with Crippen molar-refractivity contribution in [3.8, 4) is 6.07 Å². The van der Waals surface area contributed by atoms with Crippen molar-refractivity contribution in [1.82, 2.24) is 0 Å². The Morgan fingerprint density at radius 3 is 2.95 bits per heavy atom. The molecule has 5 heteroatoms. The molecule has 1 saturated heterocycles. The molecule has 20 heavy (non-hydrogen) atoms. The van der Waals surface area contributed by atoms with E-state index >= 15 is 0 Å². The number of carboxylic acids is 1. The van der Waals surface area contributed by atoms with E-state index in [1.165, 1.54) is 6.07 Å². The van der Waals surface area contributed by atoms with Crippen LogP contribution in [-0.4, -0.2) is 24.2 Å². The van der Waals surface area contributed by atoms with Crippen LogP contribution in [0.3, 0.4) is 0 Å². The first-order chi connectivity index (χ1) is 9.54. The summed E-state index contributed by atoms with van der Waals surface area (Å²) in [7, 11) is 0. The minimum Gasteiger partial charge on any atom is -0.481 e. The minimum absolute atomic E-state index is 0.00909. The van der Waals surface area contributed by atoms with Gasteiger partial charge in [0.25, 0.3) is 0 Å². The molecule has 1 aliphatic rings. The third kappa shape index (κ3) is 2.34. The van der Waals surface area contributed by atoms with Crippen LogP contribution in [0.15, 0.2) is 18.2 Å². The average Bonchev–Trinajstić information content (AvgIpc) is 2.84. The quantitative estimate of drug-likeness (QED) is 0.918. The van der Waals surface area contributed by atoms with Crippen LogP contribution in [0.5, 0.6) is 0 Å². The number of carbonyl (C=O) groups is 1. The van der Waals surface area contributed by atoms with Crippen molar-refractivity contribution in [1.29, 1.82) is 5.26 Å². The predicted molar refractivity (Wildman–Crippen MR) is 72.9 cm³/mol. The van der Waals surface area contributed by atoms with Gasteiger partial charge in [-0.15, -0.1) is 0 Å². The largest absolute Gasteiger partial charge is 0.481 e.